The van der Waals surface area contributed by atoms with Crippen molar-refractivity contribution < 1.29 is 49.6 Å². The van der Waals surface area contributed by atoms with Crippen LogP contribution in [0.1, 0.15) is 0 Å². The van der Waals surface area contributed by atoms with Crippen LogP contribution in [-0.4, -0.2) is 14.0 Å². The van der Waals surface area contributed by atoms with Crippen molar-refractivity contribution in [2.45, 2.75) is 3.69 Å². The van der Waals surface area contributed by atoms with Crippen LogP contribution in [0.5, 0.6) is 0 Å². The molecule has 0 aliphatic carbocycles. The molecule has 0 aromatic carbocycles. The number of hydrogen-bond donors (Lipinski definition) is 1. The van der Waals surface area contributed by atoms with Gasteiger partial charge in [-0.3, -0.25) is 0 Å². The van der Waals surface area contributed by atoms with E-state index in [1.165, 1.54) is 0 Å². The molecule has 0 atom stereocenters. The zero-order valence-electron chi connectivity index (χ0n) is 4.05. The van der Waals surface area contributed by atoms with Gasteiger partial charge in [0, 0.05) is 0 Å². The van der Waals surface area contributed by atoms with Crippen LogP contribution in [0.2, 0.25) is 0 Å². The monoisotopic (exact) mass is 334 g/mol. The molecule has 8 heteroatoms. The molecule has 0 rings (SSSR count). The number of hydrogen-bond acceptors (Lipinski definition) is 2. The van der Waals surface area contributed by atoms with Gasteiger partial charge in [-0.25, -0.2) is 0 Å². The first kappa shape index (κ1) is 11.7. The molecule has 9 heavy (non-hydrogen) atoms. The molecular weight excluding hydrogens is 332 g/mol. The van der Waals surface area contributed by atoms with Crippen LogP contribution in [0.4, 0.5) is 13.2 Å². The van der Waals surface area contributed by atoms with Gasteiger partial charge in [-0.2, -0.15) is 0 Å². The fourth-order valence-electron chi connectivity index (χ4n) is 0. The molecule has 4 nitrogen and oxygen atoms in total. The molecule has 1 N–H and O–H groups in total. The van der Waals surface area contributed by atoms with Crippen molar-refractivity contribution in [1.82, 2.24) is 0 Å². The van der Waals surface area contributed by atoms with E-state index in [0.29, 0.717) is 0 Å². The molecule has 0 fully saturated rings. The summed E-state index contributed by atoms with van der Waals surface area (Å²) in [5, 5.41) is 13.6. The van der Waals surface area contributed by atoms with E-state index in [0.717, 1.165) is 0 Å². The number of rotatable bonds is 0. The number of halogens is 3. The van der Waals surface area contributed by atoms with Gasteiger partial charge in [0.05, 0.1) is 0 Å². The van der Waals surface area contributed by atoms with Gasteiger partial charge < -0.3 is 5.21 Å². The Labute approximate surface area is 63.7 Å². The zero-order chi connectivity index (χ0) is 8.08. The molecule has 0 saturated heterocycles. The van der Waals surface area contributed by atoms with Gasteiger partial charge in [0.25, 0.3) is 5.09 Å². The molecule has 0 saturated carbocycles. The molecule has 0 radical (unpaired) electrons. The summed E-state index contributed by atoms with van der Waals surface area (Å²) in [6.45, 7) is 0. The Morgan fingerprint density at radius 1 is 1.56 bits per heavy atom. The SMILES string of the molecule is F[C](F)(F)[Hg].O=[N+]([O-])O. The largest absolute Gasteiger partial charge is 0.328 e. The average molecular weight is 333 g/mol. The van der Waals surface area contributed by atoms with Crippen LogP contribution in [-0.2, 0) is 26.1 Å². The summed E-state index contributed by atoms with van der Waals surface area (Å²) in [6.07, 6.45) is 0. The third-order valence-electron chi connectivity index (χ3n) is 0. The zero-order valence-corrected chi connectivity index (χ0v) is 9.55. The van der Waals surface area contributed by atoms with Gasteiger partial charge in [-0.15, -0.1) is 10.1 Å². The maximum atomic E-state index is 10.4. The third kappa shape index (κ3) is 49500. The summed E-state index contributed by atoms with van der Waals surface area (Å²) < 4.78 is 27.5. The Morgan fingerprint density at radius 2 is 1.56 bits per heavy atom. The molecule has 0 aliphatic heterocycles. The fraction of sp³-hybridized carbons (Fsp3) is 1.00. The van der Waals surface area contributed by atoms with E-state index in [9.17, 15) is 13.2 Å². The summed E-state index contributed by atoms with van der Waals surface area (Å²) in [7, 11) is 0. The standard InChI is InChI=1S/CF3.Hg.HNO3/c2-1(3)4;;2-1(3)4/h;;(H,2,3,4). The van der Waals surface area contributed by atoms with E-state index >= 15 is 0 Å². The molecule has 51 valence electrons. The van der Waals surface area contributed by atoms with E-state index in [2.05, 4.69) is 0 Å². The Balaban J connectivity index is 0. The summed E-state index contributed by atoms with van der Waals surface area (Å²) >= 11 is -1.04. The Kier molecular flexibility index (Phi) is 6.20. The second kappa shape index (κ2) is 4.77. The smallest absolute Gasteiger partial charge is 0.291 e. The average Bonchev–Trinajstić information content (AvgIpc) is 1.19. The van der Waals surface area contributed by atoms with E-state index in [4.69, 9.17) is 15.3 Å². The van der Waals surface area contributed by atoms with Crippen LogP contribution < -0.4 is 0 Å². The van der Waals surface area contributed by atoms with Crippen molar-refractivity contribution in [2.24, 2.45) is 0 Å². The number of nitrogens with zero attached hydrogens (tertiary/aromatic N) is 1. The predicted molar refractivity (Wildman–Crippen MR) is 14.8 cm³/mol. The van der Waals surface area contributed by atoms with Gasteiger partial charge in [0.1, 0.15) is 0 Å². The first-order chi connectivity index (χ1) is 3.73. The second-order valence-corrected chi connectivity index (χ2v) is 3.97. The molecule has 0 heterocycles. The normalized spacial score (nSPS) is 9.44. The van der Waals surface area contributed by atoms with Crippen molar-refractivity contribution in [1.29, 1.82) is 0 Å². The summed E-state index contributed by atoms with van der Waals surface area (Å²) in [5.41, 5.74) is 0. The maximum Gasteiger partial charge on any atom is 0.291 e. The molecule has 0 amide bonds. The minimum atomic E-state index is -3.81. The van der Waals surface area contributed by atoms with Gasteiger partial charge in [-0.05, 0) is 0 Å². The van der Waals surface area contributed by atoms with Crippen molar-refractivity contribution in [3.05, 3.63) is 10.1 Å². The molecule has 0 unspecified atom stereocenters. The third-order valence-corrected chi connectivity index (χ3v) is 0. The van der Waals surface area contributed by atoms with E-state index in [-0.39, 0.29) is 0 Å². The van der Waals surface area contributed by atoms with Crippen LogP contribution >= 0.6 is 0 Å². The van der Waals surface area contributed by atoms with Crippen LogP contribution in [0, 0.1) is 10.1 Å². The topological polar surface area (TPSA) is 63.4 Å². The summed E-state index contributed by atoms with van der Waals surface area (Å²) in [6, 6.07) is 0. The van der Waals surface area contributed by atoms with Gasteiger partial charge in [-0.1, -0.05) is 0 Å². The van der Waals surface area contributed by atoms with Crippen molar-refractivity contribution in [3.8, 4) is 0 Å². The van der Waals surface area contributed by atoms with Crippen LogP contribution in [0.3, 0.4) is 0 Å². The second-order valence-electron chi connectivity index (χ2n) is 0.853. The van der Waals surface area contributed by atoms with Crippen LogP contribution in [0.25, 0.3) is 0 Å². The molecule has 0 aromatic rings. The molecule has 0 spiro atoms. The Morgan fingerprint density at radius 3 is 1.56 bits per heavy atom. The first-order valence-electron chi connectivity index (χ1n) is 1.49. The van der Waals surface area contributed by atoms with Crippen molar-refractivity contribution >= 4 is 0 Å². The summed E-state index contributed by atoms with van der Waals surface area (Å²) in [4.78, 5) is 8.36. The minimum Gasteiger partial charge on any atom is -0.328 e. The fourth-order valence-corrected chi connectivity index (χ4v) is 0. The quantitative estimate of drug-likeness (QED) is 0.404. The molecule has 0 aliphatic rings. The number of alkyl halides is 3. The maximum absolute atomic E-state index is 10.4. The van der Waals surface area contributed by atoms with Crippen molar-refractivity contribution in [2.75, 3.05) is 0 Å². The minimum absolute atomic E-state index is 1.04. The van der Waals surface area contributed by atoms with Crippen LogP contribution in [0.15, 0.2) is 0 Å². The van der Waals surface area contributed by atoms with E-state index in [1.807, 2.05) is 0 Å². The van der Waals surface area contributed by atoms with Gasteiger partial charge >= 0.3 is 43.0 Å². The Hall–Kier alpha value is -0.0749. The van der Waals surface area contributed by atoms with E-state index < -0.39 is 34.9 Å². The molecular formula is CHF3HgNO3. The first-order valence-corrected chi connectivity index (χ1v) is 4.23. The molecule has 0 bridgehead atoms. The van der Waals surface area contributed by atoms with E-state index in [1.54, 1.807) is 0 Å². The van der Waals surface area contributed by atoms with Gasteiger partial charge in [0.2, 0.25) is 0 Å². The Bertz CT molecular complexity index is 81.5. The summed E-state index contributed by atoms with van der Waals surface area (Å²) in [5.74, 6) is 0. The predicted octanol–water partition coefficient (Wildman–Crippen LogP) is 0.705. The molecule has 0 aromatic heterocycles. The van der Waals surface area contributed by atoms with Crippen molar-refractivity contribution in [3.63, 3.8) is 0 Å². The van der Waals surface area contributed by atoms with Gasteiger partial charge in [0.15, 0.2) is 0 Å².